The molecule has 0 spiro atoms. The monoisotopic (exact) mass is 278 g/mol. The predicted molar refractivity (Wildman–Crippen MR) is 79.6 cm³/mol. The fourth-order valence-corrected chi connectivity index (χ4v) is 3.03. The van der Waals surface area contributed by atoms with Crippen LogP contribution in [-0.2, 0) is 7.05 Å². The second-order valence-corrected chi connectivity index (χ2v) is 6.15. The van der Waals surface area contributed by atoms with E-state index in [1.807, 2.05) is 29.6 Å². The van der Waals surface area contributed by atoms with Gasteiger partial charge in [-0.25, -0.2) is 0 Å². The summed E-state index contributed by atoms with van der Waals surface area (Å²) in [4.78, 5) is 14.6. The SMILES string of the molecule is CC(C)c1cc(C(=O)N2CCCC[C@@H]2[C@@H](C)N)nn1C. The number of rotatable bonds is 3. The third kappa shape index (κ3) is 2.87. The van der Waals surface area contributed by atoms with Gasteiger partial charge in [0.2, 0.25) is 0 Å². The Morgan fingerprint density at radius 2 is 2.10 bits per heavy atom. The predicted octanol–water partition coefficient (Wildman–Crippen LogP) is 1.89. The first kappa shape index (κ1) is 15.0. The molecule has 20 heavy (non-hydrogen) atoms. The van der Waals surface area contributed by atoms with Gasteiger partial charge in [0, 0.05) is 31.4 Å². The van der Waals surface area contributed by atoms with Crippen LogP contribution in [0.25, 0.3) is 0 Å². The molecule has 2 rings (SSSR count). The molecule has 1 aromatic heterocycles. The third-order valence-corrected chi connectivity index (χ3v) is 4.14. The van der Waals surface area contributed by atoms with Crippen molar-refractivity contribution in [3.8, 4) is 0 Å². The van der Waals surface area contributed by atoms with Gasteiger partial charge in [-0.2, -0.15) is 5.10 Å². The molecule has 5 heteroatoms. The number of carbonyl (C=O) groups is 1. The number of aromatic nitrogens is 2. The van der Waals surface area contributed by atoms with Crippen LogP contribution in [0.3, 0.4) is 0 Å². The zero-order chi connectivity index (χ0) is 14.9. The van der Waals surface area contributed by atoms with Crippen LogP contribution >= 0.6 is 0 Å². The number of carbonyl (C=O) groups excluding carboxylic acids is 1. The van der Waals surface area contributed by atoms with E-state index in [1.54, 1.807) is 0 Å². The van der Waals surface area contributed by atoms with Gasteiger partial charge in [-0.05, 0) is 38.2 Å². The summed E-state index contributed by atoms with van der Waals surface area (Å²) in [7, 11) is 1.89. The summed E-state index contributed by atoms with van der Waals surface area (Å²) in [6.07, 6.45) is 3.20. The molecule has 5 nitrogen and oxygen atoms in total. The highest BCUT2D eigenvalue weighted by Gasteiger charge is 2.31. The second kappa shape index (κ2) is 5.95. The number of likely N-dealkylation sites (tertiary alicyclic amines) is 1. The van der Waals surface area contributed by atoms with Gasteiger partial charge in [0.25, 0.3) is 5.91 Å². The van der Waals surface area contributed by atoms with Crippen molar-refractivity contribution >= 4 is 5.91 Å². The Hall–Kier alpha value is -1.36. The Labute approximate surface area is 121 Å². The van der Waals surface area contributed by atoms with Crippen molar-refractivity contribution < 1.29 is 4.79 Å². The Morgan fingerprint density at radius 1 is 1.40 bits per heavy atom. The number of piperidine rings is 1. The number of nitrogens with zero attached hydrogens (tertiary/aromatic N) is 3. The molecule has 0 radical (unpaired) electrons. The summed E-state index contributed by atoms with van der Waals surface area (Å²) in [5.74, 6) is 0.383. The molecule has 0 aromatic carbocycles. The molecule has 1 aromatic rings. The van der Waals surface area contributed by atoms with Crippen LogP contribution in [0.5, 0.6) is 0 Å². The normalized spacial score (nSPS) is 21.3. The van der Waals surface area contributed by atoms with Crippen molar-refractivity contribution in [1.29, 1.82) is 0 Å². The third-order valence-electron chi connectivity index (χ3n) is 4.14. The quantitative estimate of drug-likeness (QED) is 0.918. The molecule has 1 aliphatic heterocycles. The summed E-state index contributed by atoms with van der Waals surface area (Å²) >= 11 is 0. The maximum absolute atomic E-state index is 12.7. The molecule has 2 heterocycles. The molecule has 1 saturated heterocycles. The average molecular weight is 278 g/mol. The van der Waals surface area contributed by atoms with Crippen molar-refractivity contribution in [1.82, 2.24) is 14.7 Å². The standard InChI is InChI=1S/C15H26N4O/c1-10(2)14-9-12(17-18(14)4)15(20)19-8-6-5-7-13(19)11(3)16/h9-11,13H,5-8,16H2,1-4H3/t11-,13-/m1/s1. The summed E-state index contributed by atoms with van der Waals surface area (Å²) < 4.78 is 1.81. The molecule has 1 fully saturated rings. The van der Waals surface area contributed by atoms with Gasteiger partial charge >= 0.3 is 0 Å². The summed E-state index contributed by atoms with van der Waals surface area (Å²) in [5.41, 5.74) is 7.67. The lowest BCUT2D eigenvalue weighted by molar-refractivity contribution is 0.0577. The first-order chi connectivity index (χ1) is 9.41. The van der Waals surface area contributed by atoms with E-state index in [-0.39, 0.29) is 18.0 Å². The Morgan fingerprint density at radius 3 is 2.65 bits per heavy atom. The number of hydrogen-bond acceptors (Lipinski definition) is 3. The minimum atomic E-state index is 0.00697. The molecule has 112 valence electrons. The maximum Gasteiger partial charge on any atom is 0.274 e. The fraction of sp³-hybridized carbons (Fsp3) is 0.733. The highest BCUT2D eigenvalue weighted by molar-refractivity contribution is 5.92. The van der Waals surface area contributed by atoms with E-state index in [9.17, 15) is 4.79 Å². The molecule has 0 bridgehead atoms. The maximum atomic E-state index is 12.7. The highest BCUT2D eigenvalue weighted by Crippen LogP contribution is 2.22. The van der Waals surface area contributed by atoms with Crippen LogP contribution in [0.4, 0.5) is 0 Å². The molecular formula is C15H26N4O. The van der Waals surface area contributed by atoms with Crippen LogP contribution in [0, 0.1) is 0 Å². The molecule has 1 aliphatic rings. The van der Waals surface area contributed by atoms with Crippen molar-refractivity contribution in [3.05, 3.63) is 17.5 Å². The van der Waals surface area contributed by atoms with Gasteiger partial charge in [0.15, 0.2) is 5.69 Å². The van der Waals surface area contributed by atoms with Crippen LogP contribution in [0.15, 0.2) is 6.07 Å². The van der Waals surface area contributed by atoms with Crippen LogP contribution in [-0.4, -0.2) is 39.2 Å². The van der Waals surface area contributed by atoms with Crippen molar-refractivity contribution in [2.75, 3.05) is 6.54 Å². The molecule has 1 amide bonds. The number of nitrogens with two attached hydrogens (primary N) is 1. The van der Waals surface area contributed by atoms with E-state index in [1.165, 1.54) is 0 Å². The van der Waals surface area contributed by atoms with Gasteiger partial charge in [0.1, 0.15) is 0 Å². The van der Waals surface area contributed by atoms with Crippen molar-refractivity contribution in [2.45, 2.75) is 58.0 Å². The zero-order valence-electron chi connectivity index (χ0n) is 13.0. The zero-order valence-corrected chi connectivity index (χ0v) is 13.0. The average Bonchev–Trinajstić information content (AvgIpc) is 2.80. The number of amides is 1. The van der Waals surface area contributed by atoms with Gasteiger partial charge in [-0.3, -0.25) is 9.48 Å². The van der Waals surface area contributed by atoms with E-state index in [4.69, 9.17) is 5.73 Å². The molecule has 0 aliphatic carbocycles. The molecule has 2 N–H and O–H groups in total. The minimum absolute atomic E-state index is 0.00697. The molecule has 2 atom stereocenters. The lowest BCUT2D eigenvalue weighted by atomic mass is 9.96. The van der Waals surface area contributed by atoms with Crippen LogP contribution in [0.2, 0.25) is 0 Å². The lowest BCUT2D eigenvalue weighted by Gasteiger charge is -2.37. The first-order valence-electron chi connectivity index (χ1n) is 7.52. The van der Waals surface area contributed by atoms with Gasteiger partial charge in [-0.15, -0.1) is 0 Å². The smallest absolute Gasteiger partial charge is 0.274 e. The molecular weight excluding hydrogens is 252 g/mol. The van der Waals surface area contributed by atoms with Crippen molar-refractivity contribution in [3.63, 3.8) is 0 Å². The fourth-order valence-electron chi connectivity index (χ4n) is 3.03. The van der Waals surface area contributed by atoms with Crippen LogP contribution in [0.1, 0.15) is 62.1 Å². The van der Waals surface area contributed by atoms with Gasteiger partial charge in [0.05, 0.1) is 0 Å². The van der Waals surface area contributed by atoms with E-state index in [0.29, 0.717) is 11.6 Å². The lowest BCUT2D eigenvalue weighted by Crippen LogP contribution is -2.51. The second-order valence-electron chi connectivity index (χ2n) is 6.15. The van der Waals surface area contributed by atoms with E-state index in [0.717, 1.165) is 31.5 Å². The Kier molecular flexibility index (Phi) is 4.48. The summed E-state index contributed by atoms with van der Waals surface area (Å²) in [6.45, 7) is 6.99. The topological polar surface area (TPSA) is 64.2 Å². The summed E-state index contributed by atoms with van der Waals surface area (Å²) in [5, 5.41) is 4.39. The van der Waals surface area contributed by atoms with Crippen LogP contribution < -0.4 is 5.73 Å². The first-order valence-corrected chi connectivity index (χ1v) is 7.52. The van der Waals surface area contributed by atoms with E-state index in [2.05, 4.69) is 18.9 Å². The van der Waals surface area contributed by atoms with Crippen molar-refractivity contribution in [2.24, 2.45) is 12.8 Å². The largest absolute Gasteiger partial charge is 0.333 e. The highest BCUT2D eigenvalue weighted by atomic mass is 16.2. The number of hydrogen-bond donors (Lipinski definition) is 1. The van der Waals surface area contributed by atoms with E-state index < -0.39 is 0 Å². The molecule has 0 saturated carbocycles. The Bertz CT molecular complexity index is 478. The van der Waals surface area contributed by atoms with E-state index >= 15 is 0 Å². The Balaban J connectivity index is 2.23. The molecule has 0 unspecified atom stereocenters. The minimum Gasteiger partial charge on any atom is -0.333 e. The van der Waals surface area contributed by atoms with Gasteiger partial charge < -0.3 is 10.6 Å². The van der Waals surface area contributed by atoms with Gasteiger partial charge in [-0.1, -0.05) is 13.8 Å². The summed E-state index contributed by atoms with van der Waals surface area (Å²) in [6, 6.07) is 2.06. The number of aryl methyl sites for hydroxylation is 1.